The predicted octanol–water partition coefficient (Wildman–Crippen LogP) is 4.93. The maximum atomic E-state index is 13.4. The standard InChI is InChI=1S/C28H24FN3O2/c29-24-13-9-22(10-14-24)20-32(28(34)23-6-2-1-3-7-23)26-15-11-21(12-16-26)18-27(33)31-19-25-8-4-5-17-30-25/h1-17H,18-20H2,(H,31,33). The molecule has 0 bridgehead atoms. The summed E-state index contributed by atoms with van der Waals surface area (Å²) in [7, 11) is 0. The first-order chi connectivity index (χ1) is 16.6. The summed E-state index contributed by atoms with van der Waals surface area (Å²) in [6.45, 7) is 0.659. The van der Waals surface area contributed by atoms with Crippen molar-refractivity contribution in [2.45, 2.75) is 19.5 Å². The summed E-state index contributed by atoms with van der Waals surface area (Å²) in [4.78, 5) is 31.5. The Balaban J connectivity index is 1.48. The molecule has 0 aliphatic rings. The molecule has 6 heteroatoms. The first kappa shape index (κ1) is 22.9. The molecule has 0 unspecified atom stereocenters. The molecule has 1 N–H and O–H groups in total. The quantitative estimate of drug-likeness (QED) is 0.412. The van der Waals surface area contributed by atoms with Crippen molar-refractivity contribution < 1.29 is 14.0 Å². The number of anilines is 1. The van der Waals surface area contributed by atoms with Crippen molar-refractivity contribution >= 4 is 17.5 Å². The Bertz CT molecular complexity index is 1230. The van der Waals surface area contributed by atoms with Crippen LogP contribution in [0.1, 0.15) is 27.2 Å². The number of aromatic nitrogens is 1. The van der Waals surface area contributed by atoms with E-state index in [1.54, 1.807) is 35.4 Å². The summed E-state index contributed by atoms with van der Waals surface area (Å²) in [5.41, 5.74) is 3.68. The van der Waals surface area contributed by atoms with Crippen molar-refractivity contribution in [1.29, 1.82) is 0 Å². The Kier molecular flexibility index (Phi) is 7.40. The normalized spacial score (nSPS) is 10.5. The highest BCUT2D eigenvalue weighted by molar-refractivity contribution is 6.06. The molecule has 0 aliphatic heterocycles. The fourth-order valence-electron chi connectivity index (χ4n) is 3.52. The van der Waals surface area contributed by atoms with Gasteiger partial charge in [0.2, 0.25) is 5.91 Å². The second kappa shape index (κ2) is 11.0. The number of carbonyl (C=O) groups is 2. The van der Waals surface area contributed by atoms with Gasteiger partial charge in [-0.2, -0.15) is 0 Å². The zero-order chi connectivity index (χ0) is 23.8. The van der Waals surface area contributed by atoms with Gasteiger partial charge in [-0.15, -0.1) is 0 Å². The van der Waals surface area contributed by atoms with E-state index in [9.17, 15) is 14.0 Å². The number of halogens is 1. The van der Waals surface area contributed by atoms with Crippen LogP contribution < -0.4 is 10.2 Å². The van der Waals surface area contributed by atoms with E-state index < -0.39 is 0 Å². The van der Waals surface area contributed by atoms with Gasteiger partial charge in [-0.25, -0.2) is 4.39 Å². The summed E-state index contributed by atoms with van der Waals surface area (Å²) in [5.74, 6) is -0.594. The molecule has 0 atom stereocenters. The monoisotopic (exact) mass is 453 g/mol. The molecule has 4 rings (SSSR count). The van der Waals surface area contributed by atoms with Crippen LogP contribution in [0.4, 0.5) is 10.1 Å². The SMILES string of the molecule is O=C(Cc1ccc(N(Cc2ccc(F)cc2)C(=O)c2ccccc2)cc1)NCc1ccccn1. The lowest BCUT2D eigenvalue weighted by molar-refractivity contribution is -0.120. The molecule has 0 saturated carbocycles. The van der Waals surface area contributed by atoms with Gasteiger partial charge < -0.3 is 10.2 Å². The highest BCUT2D eigenvalue weighted by atomic mass is 19.1. The third-order valence-electron chi connectivity index (χ3n) is 5.33. The molecule has 0 saturated heterocycles. The number of benzene rings is 3. The van der Waals surface area contributed by atoms with Crippen LogP contribution in [0.15, 0.2) is 103 Å². The van der Waals surface area contributed by atoms with E-state index in [0.717, 1.165) is 16.8 Å². The van der Waals surface area contributed by atoms with Crippen LogP contribution in [0.3, 0.4) is 0 Å². The minimum atomic E-state index is -0.324. The summed E-state index contributed by atoms with van der Waals surface area (Å²) < 4.78 is 13.4. The molecule has 0 radical (unpaired) electrons. The maximum Gasteiger partial charge on any atom is 0.258 e. The predicted molar refractivity (Wildman–Crippen MR) is 130 cm³/mol. The second-order valence-corrected chi connectivity index (χ2v) is 7.82. The minimum Gasteiger partial charge on any atom is -0.350 e. The molecule has 0 aliphatic carbocycles. The zero-order valence-corrected chi connectivity index (χ0v) is 18.5. The molecule has 3 aromatic carbocycles. The number of hydrogen-bond acceptors (Lipinski definition) is 3. The van der Waals surface area contributed by atoms with Crippen LogP contribution in [0.5, 0.6) is 0 Å². The number of hydrogen-bond donors (Lipinski definition) is 1. The van der Waals surface area contributed by atoms with Gasteiger partial charge in [0.15, 0.2) is 0 Å². The fourth-order valence-corrected chi connectivity index (χ4v) is 3.52. The Hall–Kier alpha value is -4.32. The van der Waals surface area contributed by atoms with Crippen LogP contribution in [0.2, 0.25) is 0 Å². The van der Waals surface area contributed by atoms with Gasteiger partial charge >= 0.3 is 0 Å². The lowest BCUT2D eigenvalue weighted by Crippen LogP contribution is -2.30. The topological polar surface area (TPSA) is 62.3 Å². The van der Waals surface area contributed by atoms with Crippen LogP contribution in [0.25, 0.3) is 0 Å². The van der Waals surface area contributed by atoms with Gasteiger partial charge in [-0.05, 0) is 59.7 Å². The molecular formula is C28H24FN3O2. The Morgan fingerprint density at radius 1 is 0.794 bits per heavy atom. The Labute approximate surface area is 197 Å². The molecule has 0 spiro atoms. The zero-order valence-electron chi connectivity index (χ0n) is 18.5. The van der Waals surface area contributed by atoms with Crippen LogP contribution in [0, 0.1) is 5.82 Å². The maximum absolute atomic E-state index is 13.4. The third-order valence-corrected chi connectivity index (χ3v) is 5.33. The van der Waals surface area contributed by atoms with Crippen molar-refractivity contribution in [1.82, 2.24) is 10.3 Å². The molecule has 4 aromatic rings. The van der Waals surface area contributed by atoms with E-state index in [0.29, 0.717) is 17.8 Å². The van der Waals surface area contributed by atoms with Gasteiger partial charge in [0.05, 0.1) is 25.2 Å². The van der Waals surface area contributed by atoms with Gasteiger partial charge in [0.25, 0.3) is 5.91 Å². The van der Waals surface area contributed by atoms with E-state index in [1.165, 1.54) is 12.1 Å². The molecule has 5 nitrogen and oxygen atoms in total. The summed E-state index contributed by atoms with van der Waals surface area (Å²) in [6, 6.07) is 28.0. The van der Waals surface area contributed by atoms with Gasteiger partial charge in [-0.3, -0.25) is 14.6 Å². The van der Waals surface area contributed by atoms with Crippen molar-refractivity contribution in [2.75, 3.05) is 4.90 Å². The van der Waals surface area contributed by atoms with Crippen LogP contribution in [-0.2, 0) is 24.3 Å². The molecular weight excluding hydrogens is 429 g/mol. The smallest absolute Gasteiger partial charge is 0.258 e. The molecule has 1 heterocycles. The number of amides is 2. The largest absolute Gasteiger partial charge is 0.350 e. The highest BCUT2D eigenvalue weighted by Gasteiger charge is 2.18. The number of nitrogens with zero attached hydrogens (tertiary/aromatic N) is 2. The molecule has 170 valence electrons. The van der Waals surface area contributed by atoms with E-state index in [4.69, 9.17) is 0 Å². The molecule has 0 fully saturated rings. The van der Waals surface area contributed by atoms with E-state index in [2.05, 4.69) is 10.3 Å². The van der Waals surface area contributed by atoms with Gasteiger partial charge in [0.1, 0.15) is 5.82 Å². The van der Waals surface area contributed by atoms with Crippen LogP contribution in [-0.4, -0.2) is 16.8 Å². The first-order valence-corrected chi connectivity index (χ1v) is 11.0. The summed E-state index contributed by atoms with van der Waals surface area (Å²) in [6.07, 6.45) is 1.91. The Morgan fingerprint density at radius 3 is 2.15 bits per heavy atom. The molecule has 2 amide bonds. The number of nitrogens with one attached hydrogen (secondary N) is 1. The molecule has 34 heavy (non-hydrogen) atoms. The van der Waals surface area contributed by atoms with Crippen molar-refractivity contribution in [3.8, 4) is 0 Å². The summed E-state index contributed by atoms with van der Waals surface area (Å²) in [5, 5.41) is 2.87. The lowest BCUT2D eigenvalue weighted by Gasteiger charge is -2.23. The van der Waals surface area contributed by atoms with Crippen molar-refractivity contribution in [3.63, 3.8) is 0 Å². The van der Waals surface area contributed by atoms with Gasteiger partial charge in [0, 0.05) is 17.4 Å². The van der Waals surface area contributed by atoms with Crippen LogP contribution >= 0.6 is 0 Å². The van der Waals surface area contributed by atoms with E-state index >= 15 is 0 Å². The number of pyridine rings is 1. The highest BCUT2D eigenvalue weighted by Crippen LogP contribution is 2.22. The first-order valence-electron chi connectivity index (χ1n) is 11.0. The Morgan fingerprint density at radius 2 is 1.47 bits per heavy atom. The number of rotatable bonds is 8. The van der Waals surface area contributed by atoms with Crippen molar-refractivity contribution in [2.24, 2.45) is 0 Å². The number of carbonyl (C=O) groups excluding carboxylic acids is 2. The fraction of sp³-hybridized carbons (Fsp3) is 0.107. The van der Waals surface area contributed by atoms with E-state index in [1.807, 2.05) is 60.7 Å². The lowest BCUT2D eigenvalue weighted by atomic mass is 10.1. The minimum absolute atomic E-state index is 0.109. The average molecular weight is 454 g/mol. The van der Waals surface area contributed by atoms with E-state index in [-0.39, 0.29) is 30.6 Å². The van der Waals surface area contributed by atoms with Crippen molar-refractivity contribution in [3.05, 3.63) is 131 Å². The second-order valence-electron chi connectivity index (χ2n) is 7.82. The van der Waals surface area contributed by atoms with Gasteiger partial charge in [-0.1, -0.05) is 48.5 Å². The molecule has 1 aromatic heterocycles. The average Bonchev–Trinajstić information content (AvgIpc) is 2.88. The third kappa shape index (κ3) is 6.13. The summed E-state index contributed by atoms with van der Waals surface area (Å²) >= 11 is 0.